The zero-order valence-electron chi connectivity index (χ0n) is 18.2. The summed E-state index contributed by atoms with van der Waals surface area (Å²) in [6.45, 7) is 9.17. The van der Waals surface area contributed by atoms with Crippen LogP contribution in [-0.2, 0) is 14.8 Å². The Hall–Kier alpha value is -1.10. The standard InChI is InChI=1S/C21H29ClN4O4S.Na.H/c1-13(2)17-11-15(22)12-18(14(3)4)20(17)23-21(27)25-31(28,29)19-5-8-26(24-19)16-6-9-30-10-7-16;;/h5,8,11-14,16H,6-7,9-10H2,1-4H3,(H2,23,25,27);;. The first kappa shape index (κ1) is 27.1. The van der Waals surface area contributed by atoms with E-state index in [1.54, 1.807) is 23.0 Å². The first-order valence-electron chi connectivity index (χ1n) is 10.4. The summed E-state index contributed by atoms with van der Waals surface area (Å²) in [5, 5.41) is 7.29. The van der Waals surface area contributed by atoms with Gasteiger partial charge in [-0.1, -0.05) is 39.3 Å². The second-order valence-electron chi connectivity index (χ2n) is 8.31. The number of halogens is 1. The number of nitrogens with zero attached hydrogens (tertiary/aromatic N) is 2. The normalized spacial score (nSPS) is 15.0. The first-order chi connectivity index (χ1) is 14.6. The third kappa shape index (κ3) is 6.48. The Balaban J connectivity index is 0.00000363. The van der Waals surface area contributed by atoms with Crippen molar-refractivity contribution in [3.63, 3.8) is 0 Å². The average molecular weight is 493 g/mol. The number of benzene rings is 1. The van der Waals surface area contributed by atoms with Gasteiger partial charge in [0.05, 0.1) is 6.04 Å². The van der Waals surface area contributed by atoms with Crippen LogP contribution in [0.5, 0.6) is 0 Å². The Morgan fingerprint density at radius 1 is 1.16 bits per heavy atom. The Labute approximate surface area is 216 Å². The molecule has 0 aliphatic carbocycles. The molecule has 0 unspecified atom stereocenters. The van der Waals surface area contributed by atoms with Gasteiger partial charge in [-0.3, -0.25) is 4.68 Å². The average Bonchev–Trinajstić information content (AvgIpc) is 3.20. The Kier molecular flexibility index (Phi) is 9.63. The van der Waals surface area contributed by atoms with Crippen molar-refractivity contribution in [3.8, 4) is 0 Å². The number of ether oxygens (including phenoxy) is 1. The number of aromatic nitrogens is 2. The molecular formula is C21H30ClN4NaO4S. The van der Waals surface area contributed by atoms with E-state index in [0.29, 0.717) is 23.9 Å². The zero-order chi connectivity index (χ0) is 22.8. The van der Waals surface area contributed by atoms with Crippen LogP contribution in [0.25, 0.3) is 0 Å². The van der Waals surface area contributed by atoms with E-state index in [9.17, 15) is 13.2 Å². The quantitative estimate of drug-likeness (QED) is 0.593. The number of rotatable bonds is 6. The molecule has 2 N–H and O–H groups in total. The van der Waals surface area contributed by atoms with E-state index in [4.69, 9.17) is 16.3 Å². The maximum absolute atomic E-state index is 12.7. The van der Waals surface area contributed by atoms with Gasteiger partial charge in [0, 0.05) is 30.1 Å². The van der Waals surface area contributed by atoms with E-state index in [1.165, 1.54) is 6.07 Å². The van der Waals surface area contributed by atoms with Crippen LogP contribution in [0.2, 0.25) is 5.02 Å². The van der Waals surface area contributed by atoms with Crippen LogP contribution >= 0.6 is 11.6 Å². The predicted octanol–water partition coefficient (Wildman–Crippen LogP) is 4.00. The number of urea groups is 1. The molecule has 0 atom stereocenters. The van der Waals surface area contributed by atoms with E-state index >= 15 is 0 Å². The Bertz CT molecular complexity index is 1020. The van der Waals surface area contributed by atoms with Crippen molar-refractivity contribution in [1.82, 2.24) is 14.5 Å². The summed E-state index contributed by atoms with van der Waals surface area (Å²) in [6, 6.07) is 4.22. The number of nitrogens with one attached hydrogen (secondary N) is 2. The van der Waals surface area contributed by atoms with Crippen LogP contribution in [0.3, 0.4) is 0 Å². The van der Waals surface area contributed by atoms with Crippen LogP contribution in [0.4, 0.5) is 10.5 Å². The van der Waals surface area contributed by atoms with Gasteiger partial charge in [0.1, 0.15) is 0 Å². The molecule has 1 aliphatic rings. The second kappa shape index (κ2) is 11.4. The van der Waals surface area contributed by atoms with Gasteiger partial charge >= 0.3 is 35.6 Å². The third-order valence-corrected chi connectivity index (χ3v) is 6.74. The molecule has 2 amide bonds. The van der Waals surface area contributed by atoms with Crippen LogP contribution in [-0.4, -0.2) is 67.0 Å². The van der Waals surface area contributed by atoms with Crippen molar-refractivity contribution < 1.29 is 17.9 Å². The summed E-state index contributed by atoms with van der Waals surface area (Å²) in [7, 11) is -4.12. The van der Waals surface area contributed by atoms with Crippen molar-refractivity contribution >= 4 is 62.9 Å². The van der Waals surface area contributed by atoms with Crippen molar-refractivity contribution in [2.24, 2.45) is 0 Å². The fourth-order valence-corrected chi connectivity index (χ4v) is 4.71. The minimum absolute atomic E-state index is 0. The van der Waals surface area contributed by atoms with Gasteiger partial charge < -0.3 is 10.1 Å². The van der Waals surface area contributed by atoms with Gasteiger partial charge in [0.25, 0.3) is 10.0 Å². The molecule has 1 aromatic heterocycles. The summed E-state index contributed by atoms with van der Waals surface area (Å²) in [4.78, 5) is 12.7. The van der Waals surface area contributed by atoms with Gasteiger partial charge in [0.2, 0.25) is 0 Å². The molecule has 0 bridgehead atoms. The van der Waals surface area contributed by atoms with E-state index < -0.39 is 16.1 Å². The molecule has 1 saturated heterocycles. The molecule has 1 aliphatic heterocycles. The zero-order valence-corrected chi connectivity index (χ0v) is 19.8. The number of hydrogen-bond acceptors (Lipinski definition) is 5. The Morgan fingerprint density at radius 2 is 1.72 bits per heavy atom. The number of hydrogen-bond donors (Lipinski definition) is 2. The molecule has 2 aromatic rings. The summed E-state index contributed by atoms with van der Waals surface area (Å²) < 4.78 is 34.5. The summed E-state index contributed by atoms with van der Waals surface area (Å²) in [5.74, 6) is 0.163. The number of amides is 2. The van der Waals surface area contributed by atoms with Crippen molar-refractivity contribution in [2.75, 3.05) is 18.5 Å². The minimum atomic E-state index is -4.12. The molecular weight excluding hydrogens is 463 g/mol. The summed E-state index contributed by atoms with van der Waals surface area (Å²) in [6.07, 6.45) is 3.15. The SMILES string of the molecule is CC(C)c1cc(Cl)cc(C(C)C)c1NC(=O)NS(=O)(=O)c1ccn(C2CCOCC2)n1.[NaH]. The van der Waals surface area contributed by atoms with Gasteiger partial charge in [0.15, 0.2) is 5.03 Å². The molecule has 2 heterocycles. The Morgan fingerprint density at radius 3 is 2.25 bits per heavy atom. The number of carbonyl (C=O) groups is 1. The molecule has 11 heteroatoms. The monoisotopic (exact) mass is 492 g/mol. The fourth-order valence-electron chi connectivity index (χ4n) is 3.64. The van der Waals surface area contributed by atoms with Crippen molar-refractivity contribution in [3.05, 3.63) is 40.5 Å². The van der Waals surface area contributed by atoms with E-state index in [-0.39, 0.29) is 52.5 Å². The number of sulfonamides is 1. The molecule has 8 nitrogen and oxygen atoms in total. The van der Waals surface area contributed by atoms with Crippen LogP contribution < -0.4 is 10.0 Å². The molecule has 3 rings (SSSR count). The van der Waals surface area contributed by atoms with Gasteiger partial charge in [-0.05, 0) is 54.0 Å². The van der Waals surface area contributed by atoms with Crippen LogP contribution in [0.1, 0.15) is 69.5 Å². The molecule has 1 aromatic carbocycles. The first-order valence-corrected chi connectivity index (χ1v) is 12.2. The number of anilines is 1. The van der Waals surface area contributed by atoms with E-state index in [0.717, 1.165) is 24.0 Å². The predicted molar refractivity (Wildman–Crippen MR) is 127 cm³/mol. The van der Waals surface area contributed by atoms with Gasteiger partial charge in [-0.25, -0.2) is 9.52 Å². The second-order valence-corrected chi connectivity index (χ2v) is 10.4. The molecule has 32 heavy (non-hydrogen) atoms. The molecule has 0 spiro atoms. The van der Waals surface area contributed by atoms with Crippen LogP contribution in [0.15, 0.2) is 29.4 Å². The number of carbonyl (C=O) groups excluding carboxylic acids is 1. The van der Waals surface area contributed by atoms with Gasteiger partial charge in [-0.15, -0.1) is 0 Å². The fraction of sp³-hybridized carbons (Fsp3) is 0.524. The van der Waals surface area contributed by atoms with E-state index in [1.807, 2.05) is 27.7 Å². The van der Waals surface area contributed by atoms with Crippen molar-refractivity contribution in [1.29, 1.82) is 0 Å². The van der Waals surface area contributed by atoms with Gasteiger partial charge in [-0.2, -0.15) is 13.5 Å². The molecule has 172 valence electrons. The summed E-state index contributed by atoms with van der Waals surface area (Å²) >= 11 is 6.26. The van der Waals surface area contributed by atoms with Crippen molar-refractivity contribution in [2.45, 2.75) is 63.4 Å². The molecule has 0 radical (unpaired) electrons. The molecule has 1 fully saturated rings. The van der Waals surface area contributed by atoms with E-state index in [2.05, 4.69) is 15.1 Å². The molecule has 0 saturated carbocycles. The van der Waals surface area contributed by atoms with Crippen LogP contribution in [0, 0.1) is 0 Å². The third-order valence-electron chi connectivity index (χ3n) is 5.30. The maximum atomic E-state index is 12.7. The summed E-state index contributed by atoms with van der Waals surface area (Å²) in [5.41, 5.74) is 2.26. The topological polar surface area (TPSA) is 102 Å².